The third-order valence-corrected chi connectivity index (χ3v) is 3.63. The minimum atomic E-state index is -0.363. The Labute approximate surface area is 138 Å². The van der Waals surface area contributed by atoms with Crippen LogP contribution in [0.1, 0.15) is 15.9 Å². The van der Waals surface area contributed by atoms with Gasteiger partial charge in [-0.05, 0) is 30.3 Å². The molecule has 2 aromatic carbocycles. The Hall–Kier alpha value is -2.06. The second-order valence-corrected chi connectivity index (χ2v) is 5.34. The monoisotopic (exact) mass is 333 g/mol. The number of nitrogens with zero attached hydrogens (tertiary/aromatic N) is 2. The van der Waals surface area contributed by atoms with E-state index in [1.54, 1.807) is 30.3 Å². The minimum absolute atomic E-state index is 0.225. The molecule has 0 aliphatic rings. The number of amides is 1. The highest BCUT2D eigenvalue weighted by molar-refractivity contribution is 6.34. The first-order chi connectivity index (χ1) is 10.6. The highest BCUT2D eigenvalue weighted by Gasteiger charge is 2.22. The van der Waals surface area contributed by atoms with Gasteiger partial charge in [-0.2, -0.15) is 5.26 Å². The van der Waals surface area contributed by atoms with Crippen molar-refractivity contribution in [2.24, 2.45) is 5.73 Å². The fourth-order valence-electron chi connectivity index (χ4n) is 2.07. The van der Waals surface area contributed by atoms with Gasteiger partial charge in [0.2, 0.25) is 0 Å². The van der Waals surface area contributed by atoms with E-state index in [1.165, 1.54) is 17.0 Å². The summed E-state index contributed by atoms with van der Waals surface area (Å²) < 4.78 is 0. The first-order valence-electron chi connectivity index (χ1n) is 6.54. The highest BCUT2D eigenvalue weighted by atomic mass is 35.5. The molecule has 6 heteroatoms. The average molecular weight is 334 g/mol. The van der Waals surface area contributed by atoms with Gasteiger partial charge >= 0.3 is 0 Å². The van der Waals surface area contributed by atoms with E-state index in [4.69, 9.17) is 28.9 Å². The van der Waals surface area contributed by atoms with Crippen LogP contribution in [-0.4, -0.2) is 19.0 Å². The van der Waals surface area contributed by atoms with Crippen molar-refractivity contribution >= 4 is 34.8 Å². The van der Waals surface area contributed by atoms with Gasteiger partial charge in [0.15, 0.2) is 0 Å². The molecule has 0 saturated heterocycles. The van der Waals surface area contributed by atoms with Gasteiger partial charge in [-0.3, -0.25) is 4.79 Å². The van der Waals surface area contributed by atoms with Gasteiger partial charge in [-0.15, -0.1) is 0 Å². The molecule has 0 aromatic heterocycles. The Morgan fingerprint density at radius 2 is 1.95 bits per heavy atom. The minimum Gasteiger partial charge on any atom is -0.329 e. The summed E-state index contributed by atoms with van der Waals surface area (Å²) in [7, 11) is 0. The van der Waals surface area contributed by atoms with Crippen molar-refractivity contribution in [2.45, 2.75) is 0 Å². The van der Waals surface area contributed by atoms with Crippen LogP contribution in [0.2, 0.25) is 10.0 Å². The summed E-state index contributed by atoms with van der Waals surface area (Å²) in [5.41, 5.74) is 6.63. The maximum absolute atomic E-state index is 12.8. The molecule has 1 amide bonds. The Morgan fingerprint density at radius 1 is 1.23 bits per heavy atom. The molecule has 0 spiro atoms. The van der Waals surface area contributed by atoms with Crippen LogP contribution < -0.4 is 10.6 Å². The molecule has 112 valence electrons. The van der Waals surface area contributed by atoms with Crippen LogP contribution in [0.4, 0.5) is 5.69 Å². The number of rotatable bonds is 4. The quantitative estimate of drug-likeness (QED) is 0.931. The van der Waals surface area contributed by atoms with E-state index < -0.39 is 0 Å². The molecule has 0 unspecified atom stereocenters. The third-order valence-electron chi connectivity index (χ3n) is 3.07. The van der Waals surface area contributed by atoms with Crippen LogP contribution in [0, 0.1) is 11.3 Å². The Balaban J connectivity index is 2.50. The van der Waals surface area contributed by atoms with Crippen molar-refractivity contribution in [1.82, 2.24) is 0 Å². The Kier molecular flexibility index (Phi) is 5.40. The maximum atomic E-state index is 12.8. The van der Waals surface area contributed by atoms with Gasteiger partial charge in [-0.25, -0.2) is 0 Å². The zero-order chi connectivity index (χ0) is 16.1. The number of carbonyl (C=O) groups is 1. The van der Waals surface area contributed by atoms with Gasteiger partial charge in [0, 0.05) is 18.1 Å². The van der Waals surface area contributed by atoms with Crippen LogP contribution in [0.25, 0.3) is 0 Å². The van der Waals surface area contributed by atoms with E-state index in [9.17, 15) is 10.1 Å². The normalized spacial score (nSPS) is 10.1. The predicted molar refractivity (Wildman–Crippen MR) is 88.3 cm³/mol. The van der Waals surface area contributed by atoms with Gasteiger partial charge in [-0.1, -0.05) is 35.3 Å². The Morgan fingerprint density at radius 3 is 2.59 bits per heavy atom. The van der Waals surface area contributed by atoms with Crippen molar-refractivity contribution in [2.75, 3.05) is 18.0 Å². The average Bonchev–Trinajstić information content (AvgIpc) is 2.53. The summed E-state index contributed by atoms with van der Waals surface area (Å²) in [5, 5.41) is 10.00. The van der Waals surface area contributed by atoms with Crippen LogP contribution >= 0.6 is 23.2 Å². The number of nitriles is 1. The van der Waals surface area contributed by atoms with E-state index in [1.807, 2.05) is 6.07 Å². The number of halogens is 2. The second-order valence-electron chi connectivity index (χ2n) is 4.50. The molecule has 2 N–H and O–H groups in total. The summed E-state index contributed by atoms with van der Waals surface area (Å²) in [5.74, 6) is -0.363. The SMILES string of the molecule is N#Cc1ccc(Cl)cc1C(=O)N(CCN)c1ccccc1Cl. The number of anilines is 1. The summed E-state index contributed by atoms with van der Waals surface area (Å²) in [6.07, 6.45) is 0. The Bertz CT molecular complexity index is 740. The van der Waals surface area contributed by atoms with Crippen LogP contribution in [0.3, 0.4) is 0 Å². The third kappa shape index (κ3) is 3.40. The first kappa shape index (κ1) is 16.3. The topological polar surface area (TPSA) is 70.1 Å². The van der Waals surface area contributed by atoms with Gasteiger partial charge < -0.3 is 10.6 Å². The molecule has 2 aromatic rings. The lowest BCUT2D eigenvalue weighted by atomic mass is 10.1. The van der Waals surface area contributed by atoms with Crippen LogP contribution in [-0.2, 0) is 0 Å². The van der Waals surface area contributed by atoms with E-state index in [0.29, 0.717) is 15.7 Å². The van der Waals surface area contributed by atoms with Gasteiger partial charge in [0.05, 0.1) is 27.9 Å². The lowest BCUT2D eigenvalue weighted by Gasteiger charge is -2.23. The molecule has 0 heterocycles. The van der Waals surface area contributed by atoms with E-state index in [0.717, 1.165) is 0 Å². The molecule has 22 heavy (non-hydrogen) atoms. The fraction of sp³-hybridized carbons (Fsp3) is 0.125. The maximum Gasteiger partial charge on any atom is 0.259 e. The fourth-order valence-corrected chi connectivity index (χ4v) is 2.48. The molecule has 0 bridgehead atoms. The zero-order valence-electron chi connectivity index (χ0n) is 11.6. The zero-order valence-corrected chi connectivity index (χ0v) is 13.1. The molecule has 0 radical (unpaired) electrons. The molecule has 0 aliphatic carbocycles. The number of nitrogens with two attached hydrogens (primary N) is 1. The number of benzene rings is 2. The summed E-state index contributed by atoms with van der Waals surface area (Å²) in [4.78, 5) is 14.3. The number of para-hydroxylation sites is 1. The summed E-state index contributed by atoms with van der Waals surface area (Å²) >= 11 is 12.1. The number of hydrogen-bond donors (Lipinski definition) is 1. The molecular weight excluding hydrogens is 321 g/mol. The molecule has 0 fully saturated rings. The van der Waals surface area contributed by atoms with E-state index in [-0.39, 0.29) is 30.1 Å². The van der Waals surface area contributed by atoms with Crippen molar-refractivity contribution < 1.29 is 4.79 Å². The number of hydrogen-bond acceptors (Lipinski definition) is 3. The van der Waals surface area contributed by atoms with Crippen molar-refractivity contribution in [3.63, 3.8) is 0 Å². The molecule has 0 saturated carbocycles. The lowest BCUT2D eigenvalue weighted by molar-refractivity contribution is 0.0987. The van der Waals surface area contributed by atoms with Crippen molar-refractivity contribution in [3.05, 3.63) is 63.6 Å². The molecular formula is C16H13Cl2N3O. The predicted octanol–water partition coefficient (Wildman–Crippen LogP) is 3.47. The van der Waals surface area contributed by atoms with Crippen LogP contribution in [0.5, 0.6) is 0 Å². The van der Waals surface area contributed by atoms with E-state index in [2.05, 4.69) is 0 Å². The largest absolute Gasteiger partial charge is 0.329 e. The first-order valence-corrected chi connectivity index (χ1v) is 7.30. The second kappa shape index (κ2) is 7.28. The highest BCUT2D eigenvalue weighted by Crippen LogP contribution is 2.27. The standard InChI is InChI=1S/C16H13Cl2N3O/c17-12-6-5-11(10-20)13(9-12)16(22)21(8-7-19)15-4-2-1-3-14(15)18/h1-6,9H,7-8,19H2. The molecule has 0 atom stereocenters. The summed E-state index contributed by atoms with van der Waals surface area (Å²) in [6.45, 7) is 0.541. The molecule has 0 aliphatic heterocycles. The smallest absolute Gasteiger partial charge is 0.259 e. The molecule has 2 rings (SSSR count). The van der Waals surface area contributed by atoms with E-state index >= 15 is 0 Å². The van der Waals surface area contributed by atoms with Gasteiger partial charge in [0.25, 0.3) is 5.91 Å². The molecule has 4 nitrogen and oxygen atoms in total. The van der Waals surface area contributed by atoms with Crippen molar-refractivity contribution in [1.29, 1.82) is 5.26 Å². The van der Waals surface area contributed by atoms with Crippen LogP contribution in [0.15, 0.2) is 42.5 Å². The van der Waals surface area contributed by atoms with Gasteiger partial charge in [0.1, 0.15) is 0 Å². The number of carbonyl (C=O) groups excluding carboxylic acids is 1. The lowest BCUT2D eigenvalue weighted by Crippen LogP contribution is -2.36. The van der Waals surface area contributed by atoms with Crippen molar-refractivity contribution in [3.8, 4) is 6.07 Å². The summed E-state index contributed by atoms with van der Waals surface area (Å²) in [6, 6.07) is 13.5.